The normalized spacial score (nSPS) is 14.8. The number of rotatable bonds is 7. The minimum atomic E-state index is -3.00. The summed E-state index contributed by atoms with van der Waals surface area (Å²) in [7, 11) is 0. The lowest BCUT2D eigenvalue weighted by Crippen LogP contribution is -2.40. The van der Waals surface area contributed by atoms with Crippen molar-refractivity contribution in [2.24, 2.45) is 0 Å². The number of para-hydroxylation sites is 1. The van der Waals surface area contributed by atoms with Gasteiger partial charge in [-0.1, -0.05) is 42.5 Å². The second kappa shape index (κ2) is 9.36. The van der Waals surface area contributed by atoms with Gasteiger partial charge in [-0.2, -0.15) is 8.78 Å². The molecule has 1 aliphatic rings. The summed E-state index contributed by atoms with van der Waals surface area (Å²) in [6.07, 6.45) is 1.30. The molecule has 2 aromatic carbocycles. The largest absolute Gasteiger partial charge is 0.433 e. The summed E-state index contributed by atoms with van der Waals surface area (Å²) in [5.41, 5.74) is 1.61. The Bertz CT molecular complexity index is 862. The summed E-state index contributed by atoms with van der Waals surface area (Å²) >= 11 is 0. The number of urea groups is 1. The van der Waals surface area contributed by atoms with Gasteiger partial charge in [-0.3, -0.25) is 4.79 Å². The lowest BCUT2D eigenvalue weighted by molar-refractivity contribution is -0.128. The SMILES string of the molecule is Cc1cccc(OC(F)F)c1NC(=O)NC(CN1CCCC1=O)c1ccccc1. The van der Waals surface area contributed by atoms with Gasteiger partial charge in [-0.15, -0.1) is 0 Å². The van der Waals surface area contributed by atoms with E-state index in [1.807, 2.05) is 30.3 Å². The molecule has 3 rings (SSSR count). The molecule has 1 heterocycles. The fourth-order valence-electron chi connectivity index (χ4n) is 3.34. The predicted molar refractivity (Wildman–Crippen MR) is 105 cm³/mol. The second-order valence-electron chi connectivity index (χ2n) is 6.83. The number of alkyl halides is 2. The topological polar surface area (TPSA) is 70.7 Å². The van der Waals surface area contributed by atoms with Crippen LogP contribution in [0.15, 0.2) is 48.5 Å². The summed E-state index contributed by atoms with van der Waals surface area (Å²) in [6.45, 7) is -0.329. The minimum Gasteiger partial charge on any atom is -0.433 e. The van der Waals surface area contributed by atoms with Crippen LogP contribution in [0, 0.1) is 6.92 Å². The highest BCUT2D eigenvalue weighted by molar-refractivity contribution is 5.92. The van der Waals surface area contributed by atoms with Gasteiger partial charge in [0, 0.05) is 19.5 Å². The number of amides is 3. The summed E-state index contributed by atoms with van der Waals surface area (Å²) in [6, 6.07) is 12.9. The number of carbonyl (C=O) groups excluding carboxylic acids is 2. The molecule has 8 heteroatoms. The van der Waals surface area contributed by atoms with E-state index in [0.29, 0.717) is 25.1 Å². The minimum absolute atomic E-state index is 0.0552. The van der Waals surface area contributed by atoms with E-state index in [1.165, 1.54) is 6.07 Å². The number of halogens is 2. The second-order valence-corrected chi connectivity index (χ2v) is 6.83. The number of hydrogen-bond donors (Lipinski definition) is 2. The van der Waals surface area contributed by atoms with E-state index in [0.717, 1.165) is 12.0 Å². The first kappa shape index (κ1) is 20.6. The molecule has 1 aliphatic heterocycles. The van der Waals surface area contributed by atoms with Crippen LogP contribution in [0.4, 0.5) is 19.3 Å². The molecule has 0 radical (unpaired) electrons. The van der Waals surface area contributed by atoms with Crippen LogP contribution >= 0.6 is 0 Å². The molecule has 0 spiro atoms. The molecule has 1 fully saturated rings. The van der Waals surface area contributed by atoms with Gasteiger partial charge >= 0.3 is 12.6 Å². The van der Waals surface area contributed by atoms with Gasteiger partial charge in [-0.05, 0) is 30.5 Å². The number of aryl methyl sites for hydroxylation is 1. The van der Waals surface area contributed by atoms with Gasteiger partial charge < -0.3 is 20.3 Å². The number of nitrogens with one attached hydrogen (secondary N) is 2. The Hall–Kier alpha value is -3.16. The zero-order valence-electron chi connectivity index (χ0n) is 16.0. The first-order chi connectivity index (χ1) is 13.9. The van der Waals surface area contributed by atoms with Crippen molar-refractivity contribution in [3.8, 4) is 5.75 Å². The molecule has 0 saturated carbocycles. The Morgan fingerprint density at radius 3 is 2.59 bits per heavy atom. The van der Waals surface area contributed by atoms with Crippen LogP contribution < -0.4 is 15.4 Å². The molecule has 154 valence electrons. The third kappa shape index (κ3) is 5.43. The first-order valence-electron chi connectivity index (χ1n) is 9.38. The smallest absolute Gasteiger partial charge is 0.387 e. The predicted octanol–water partition coefficient (Wildman–Crippen LogP) is 4.08. The number of hydrogen-bond acceptors (Lipinski definition) is 3. The Balaban J connectivity index is 1.76. The van der Waals surface area contributed by atoms with Crippen molar-refractivity contribution in [3.05, 3.63) is 59.7 Å². The zero-order chi connectivity index (χ0) is 20.8. The Kier molecular flexibility index (Phi) is 6.64. The molecule has 29 heavy (non-hydrogen) atoms. The Morgan fingerprint density at radius 1 is 1.17 bits per heavy atom. The number of nitrogens with zero attached hydrogens (tertiary/aromatic N) is 1. The van der Waals surface area contributed by atoms with Crippen LogP contribution in [0.1, 0.15) is 30.0 Å². The number of carbonyl (C=O) groups is 2. The molecule has 0 aliphatic carbocycles. The average Bonchev–Trinajstić information content (AvgIpc) is 3.09. The van der Waals surface area contributed by atoms with E-state index in [-0.39, 0.29) is 17.3 Å². The average molecular weight is 403 g/mol. The third-order valence-electron chi connectivity index (χ3n) is 4.77. The molecule has 6 nitrogen and oxygen atoms in total. The summed E-state index contributed by atoms with van der Waals surface area (Å²) in [5.74, 6) is -0.0548. The number of likely N-dealkylation sites (tertiary alicyclic amines) is 1. The molecule has 1 saturated heterocycles. The summed E-state index contributed by atoms with van der Waals surface area (Å²) < 4.78 is 29.9. The van der Waals surface area contributed by atoms with Crippen LogP contribution in [0.2, 0.25) is 0 Å². The number of benzene rings is 2. The van der Waals surface area contributed by atoms with Crippen molar-refractivity contribution in [2.45, 2.75) is 32.4 Å². The zero-order valence-corrected chi connectivity index (χ0v) is 16.0. The lowest BCUT2D eigenvalue weighted by atomic mass is 10.1. The molecular formula is C21H23F2N3O3. The standard InChI is InChI=1S/C21H23F2N3O3/c1-14-7-5-10-17(29-20(22)23)19(14)25-21(28)24-16(15-8-3-2-4-9-15)13-26-12-6-11-18(26)27/h2-5,7-10,16,20H,6,11-13H2,1H3,(H2,24,25,28). The van der Waals surface area contributed by atoms with Gasteiger partial charge in [-0.25, -0.2) is 4.79 Å². The number of ether oxygens (including phenoxy) is 1. The van der Waals surface area contributed by atoms with Gasteiger partial charge in [0.2, 0.25) is 5.91 Å². The number of anilines is 1. The molecule has 2 aromatic rings. The monoisotopic (exact) mass is 403 g/mol. The lowest BCUT2D eigenvalue weighted by Gasteiger charge is -2.25. The molecule has 0 aromatic heterocycles. The van der Waals surface area contributed by atoms with Crippen LogP contribution in [-0.4, -0.2) is 36.5 Å². The van der Waals surface area contributed by atoms with Crippen LogP contribution in [0.3, 0.4) is 0 Å². The van der Waals surface area contributed by atoms with Gasteiger partial charge in [0.05, 0.1) is 11.7 Å². The Labute approximate surface area is 167 Å². The summed E-state index contributed by atoms with van der Waals surface area (Å²) in [4.78, 5) is 26.4. The molecule has 1 unspecified atom stereocenters. The van der Waals surface area contributed by atoms with Crippen molar-refractivity contribution in [1.29, 1.82) is 0 Å². The third-order valence-corrected chi connectivity index (χ3v) is 4.77. The van der Waals surface area contributed by atoms with Gasteiger partial charge in [0.15, 0.2) is 0 Å². The van der Waals surface area contributed by atoms with E-state index < -0.39 is 18.7 Å². The quantitative estimate of drug-likeness (QED) is 0.732. The van der Waals surface area contributed by atoms with Crippen molar-refractivity contribution in [1.82, 2.24) is 10.2 Å². The van der Waals surface area contributed by atoms with E-state index in [2.05, 4.69) is 15.4 Å². The highest BCUT2D eigenvalue weighted by Crippen LogP contribution is 2.29. The Morgan fingerprint density at radius 2 is 1.93 bits per heavy atom. The van der Waals surface area contributed by atoms with Crippen molar-refractivity contribution < 1.29 is 23.1 Å². The van der Waals surface area contributed by atoms with Crippen LogP contribution in [0.25, 0.3) is 0 Å². The maximum atomic E-state index is 12.7. The summed E-state index contributed by atoms with van der Waals surface area (Å²) in [5, 5.41) is 5.46. The van der Waals surface area contributed by atoms with Crippen molar-refractivity contribution in [2.75, 3.05) is 18.4 Å². The highest BCUT2D eigenvalue weighted by atomic mass is 19.3. The first-order valence-corrected chi connectivity index (χ1v) is 9.38. The highest BCUT2D eigenvalue weighted by Gasteiger charge is 2.25. The van der Waals surface area contributed by atoms with Gasteiger partial charge in [0.25, 0.3) is 0 Å². The molecular weight excluding hydrogens is 380 g/mol. The molecule has 1 atom stereocenters. The van der Waals surface area contributed by atoms with E-state index >= 15 is 0 Å². The van der Waals surface area contributed by atoms with Crippen LogP contribution in [0.5, 0.6) is 5.75 Å². The van der Waals surface area contributed by atoms with Crippen molar-refractivity contribution in [3.63, 3.8) is 0 Å². The molecule has 3 amide bonds. The maximum absolute atomic E-state index is 12.7. The van der Waals surface area contributed by atoms with Crippen molar-refractivity contribution >= 4 is 17.6 Å². The maximum Gasteiger partial charge on any atom is 0.387 e. The van der Waals surface area contributed by atoms with Crippen LogP contribution in [-0.2, 0) is 4.79 Å². The van der Waals surface area contributed by atoms with Gasteiger partial charge in [0.1, 0.15) is 5.75 Å². The van der Waals surface area contributed by atoms with E-state index in [1.54, 1.807) is 24.0 Å². The fraction of sp³-hybridized carbons (Fsp3) is 0.333. The molecule has 2 N–H and O–H groups in total. The fourth-order valence-corrected chi connectivity index (χ4v) is 3.34. The van der Waals surface area contributed by atoms with E-state index in [9.17, 15) is 18.4 Å². The molecule has 0 bridgehead atoms. The van der Waals surface area contributed by atoms with E-state index in [4.69, 9.17) is 0 Å².